The van der Waals surface area contributed by atoms with Crippen LogP contribution in [0.15, 0.2) is 4.52 Å². The summed E-state index contributed by atoms with van der Waals surface area (Å²) in [6.45, 7) is 12.1. The van der Waals surface area contributed by atoms with E-state index >= 15 is 0 Å². The Bertz CT molecular complexity index is 440. The maximum absolute atomic E-state index is 11.3. The first kappa shape index (κ1) is 17.6. The van der Waals surface area contributed by atoms with Gasteiger partial charge in [-0.15, -0.1) is 0 Å². The van der Waals surface area contributed by atoms with E-state index in [0.29, 0.717) is 31.6 Å². The SMILES string of the molecule is CCOC(=O)c1nc(CNCOCC(C)C(C)(C)C)no1. The monoisotopic (exact) mass is 299 g/mol. The fourth-order valence-electron chi connectivity index (χ4n) is 1.32. The fraction of sp³-hybridized carbons (Fsp3) is 0.786. The van der Waals surface area contributed by atoms with Gasteiger partial charge in [0.1, 0.15) is 0 Å². The number of nitrogens with zero attached hydrogens (tertiary/aromatic N) is 2. The number of aromatic nitrogens is 2. The highest BCUT2D eigenvalue weighted by atomic mass is 16.6. The first-order valence-electron chi connectivity index (χ1n) is 7.12. The normalized spacial score (nSPS) is 13.2. The van der Waals surface area contributed by atoms with Crippen molar-refractivity contribution in [2.75, 3.05) is 19.9 Å². The molecule has 0 fully saturated rings. The number of carbonyl (C=O) groups is 1. The molecular weight excluding hydrogens is 274 g/mol. The van der Waals surface area contributed by atoms with E-state index in [1.165, 1.54) is 0 Å². The van der Waals surface area contributed by atoms with Crippen molar-refractivity contribution in [2.45, 2.75) is 41.2 Å². The summed E-state index contributed by atoms with van der Waals surface area (Å²) in [5, 5.41) is 6.72. The van der Waals surface area contributed by atoms with Crippen LogP contribution in [0, 0.1) is 11.3 Å². The minimum absolute atomic E-state index is 0.129. The molecule has 7 heteroatoms. The number of hydrogen-bond acceptors (Lipinski definition) is 7. The minimum Gasteiger partial charge on any atom is -0.459 e. The van der Waals surface area contributed by atoms with Gasteiger partial charge in [0.15, 0.2) is 5.82 Å². The molecule has 0 aliphatic heterocycles. The molecule has 1 unspecified atom stereocenters. The Morgan fingerprint density at radius 3 is 2.76 bits per heavy atom. The highest BCUT2D eigenvalue weighted by Crippen LogP contribution is 2.25. The molecule has 0 aliphatic rings. The van der Waals surface area contributed by atoms with Crippen molar-refractivity contribution < 1.29 is 18.8 Å². The standard InChI is InChI=1S/C14H25N3O4/c1-6-20-13(18)12-16-11(17-21-12)7-15-9-19-8-10(2)14(3,4)5/h10,15H,6-9H2,1-5H3. The molecule has 0 saturated carbocycles. The van der Waals surface area contributed by atoms with Gasteiger partial charge in [0.2, 0.25) is 0 Å². The molecule has 0 bridgehead atoms. The van der Waals surface area contributed by atoms with Crippen LogP contribution in [0.1, 0.15) is 51.1 Å². The third-order valence-corrected chi connectivity index (χ3v) is 3.25. The van der Waals surface area contributed by atoms with Gasteiger partial charge >= 0.3 is 11.9 Å². The van der Waals surface area contributed by atoms with Crippen molar-refractivity contribution >= 4 is 5.97 Å². The van der Waals surface area contributed by atoms with Crippen molar-refractivity contribution in [1.82, 2.24) is 15.5 Å². The van der Waals surface area contributed by atoms with E-state index in [0.717, 1.165) is 0 Å². The molecule has 7 nitrogen and oxygen atoms in total. The van der Waals surface area contributed by atoms with Gasteiger partial charge in [-0.1, -0.05) is 32.9 Å². The minimum atomic E-state index is -0.605. The molecule has 21 heavy (non-hydrogen) atoms. The molecule has 1 N–H and O–H groups in total. The molecular formula is C14H25N3O4. The van der Waals surface area contributed by atoms with E-state index < -0.39 is 5.97 Å². The van der Waals surface area contributed by atoms with Gasteiger partial charge < -0.3 is 14.0 Å². The Balaban J connectivity index is 2.23. The second-order valence-corrected chi connectivity index (χ2v) is 5.95. The Morgan fingerprint density at radius 2 is 2.14 bits per heavy atom. The summed E-state index contributed by atoms with van der Waals surface area (Å²) in [4.78, 5) is 15.3. The van der Waals surface area contributed by atoms with E-state index in [1.54, 1.807) is 6.92 Å². The average molecular weight is 299 g/mol. The van der Waals surface area contributed by atoms with Crippen LogP contribution in [0.3, 0.4) is 0 Å². The number of carbonyl (C=O) groups excluding carboxylic acids is 1. The molecule has 1 rings (SSSR count). The summed E-state index contributed by atoms with van der Waals surface area (Å²) in [5.41, 5.74) is 0.224. The van der Waals surface area contributed by atoms with Crippen LogP contribution in [0.4, 0.5) is 0 Å². The summed E-state index contributed by atoms with van der Waals surface area (Å²) in [6, 6.07) is 0. The zero-order chi connectivity index (χ0) is 15.9. The van der Waals surface area contributed by atoms with Gasteiger partial charge in [-0.3, -0.25) is 5.32 Å². The van der Waals surface area contributed by atoms with Crippen molar-refractivity contribution in [3.63, 3.8) is 0 Å². The number of rotatable bonds is 8. The predicted molar refractivity (Wildman–Crippen MR) is 76.5 cm³/mol. The predicted octanol–water partition coefficient (Wildman–Crippen LogP) is 1.99. The van der Waals surface area contributed by atoms with E-state index in [9.17, 15) is 4.79 Å². The first-order chi connectivity index (χ1) is 9.84. The van der Waals surface area contributed by atoms with E-state index in [1.807, 2.05) is 0 Å². The zero-order valence-corrected chi connectivity index (χ0v) is 13.4. The van der Waals surface area contributed by atoms with Gasteiger partial charge in [0.05, 0.1) is 26.5 Å². The third kappa shape index (κ3) is 6.22. The molecule has 0 radical (unpaired) electrons. The van der Waals surface area contributed by atoms with Crippen LogP contribution in [0.5, 0.6) is 0 Å². The smallest absolute Gasteiger partial charge is 0.397 e. The lowest BCUT2D eigenvalue weighted by Gasteiger charge is -2.26. The Hall–Kier alpha value is -1.47. The second-order valence-electron chi connectivity index (χ2n) is 5.95. The molecule has 0 spiro atoms. The van der Waals surface area contributed by atoms with Gasteiger partial charge in [0.25, 0.3) is 0 Å². The number of nitrogens with one attached hydrogen (secondary N) is 1. The van der Waals surface area contributed by atoms with Gasteiger partial charge in [0, 0.05) is 0 Å². The largest absolute Gasteiger partial charge is 0.459 e. The number of ether oxygens (including phenoxy) is 2. The topological polar surface area (TPSA) is 86.5 Å². The van der Waals surface area contributed by atoms with E-state index in [2.05, 4.69) is 43.2 Å². The van der Waals surface area contributed by atoms with Gasteiger partial charge in [-0.2, -0.15) is 4.98 Å². The highest BCUT2D eigenvalue weighted by molar-refractivity contribution is 5.83. The average Bonchev–Trinajstić information content (AvgIpc) is 2.86. The zero-order valence-electron chi connectivity index (χ0n) is 13.4. The maximum Gasteiger partial charge on any atom is 0.397 e. The summed E-state index contributed by atoms with van der Waals surface area (Å²) in [5.74, 6) is 0.118. The molecule has 120 valence electrons. The van der Waals surface area contributed by atoms with Crippen LogP contribution >= 0.6 is 0 Å². The van der Waals surface area contributed by atoms with Crippen LogP contribution in [-0.2, 0) is 16.0 Å². The summed E-state index contributed by atoms with van der Waals surface area (Å²) >= 11 is 0. The maximum atomic E-state index is 11.3. The quantitative estimate of drug-likeness (QED) is 0.446. The molecule has 1 heterocycles. The fourth-order valence-corrected chi connectivity index (χ4v) is 1.32. The lowest BCUT2D eigenvalue weighted by molar-refractivity contribution is 0.0470. The molecule has 0 amide bonds. The number of hydrogen-bond donors (Lipinski definition) is 1. The highest BCUT2D eigenvalue weighted by Gasteiger charge is 2.20. The summed E-state index contributed by atoms with van der Waals surface area (Å²) in [6.07, 6.45) is 0. The molecule has 0 saturated heterocycles. The Labute approximate surface area is 125 Å². The Morgan fingerprint density at radius 1 is 1.43 bits per heavy atom. The van der Waals surface area contributed by atoms with Crippen molar-refractivity contribution in [2.24, 2.45) is 11.3 Å². The van der Waals surface area contributed by atoms with Gasteiger partial charge in [-0.25, -0.2) is 4.79 Å². The summed E-state index contributed by atoms with van der Waals surface area (Å²) < 4.78 is 15.1. The molecule has 1 aromatic heterocycles. The first-order valence-corrected chi connectivity index (χ1v) is 7.12. The third-order valence-electron chi connectivity index (χ3n) is 3.25. The van der Waals surface area contributed by atoms with Crippen molar-refractivity contribution in [1.29, 1.82) is 0 Å². The lowest BCUT2D eigenvalue weighted by Crippen LogP contribution is -2.26. The molecule has 1 aromatic rings. The van der Waals surface area contributed by atoms with Crippen LogP contribution < -0.4 is 5.32 Å². The molecule has 0 aliphatic carbocycles. The van der Waals surface area contributed by atoms with Crippen molar-refractivity contribution in [3.05, 3.63) is 11.7 Å². The van der Waals surface area contributed by atoms with Crippen molar-refractivity contribution in [3.8, 4) is 0 Å². The molecule has 1 atom stereocenters. The van der Waals surface area contributed by atoms with Crippen LogP contribution in [0.25, 0.3) is 0 Å². The lowest BCUT2D eigenvalue weighted by atomic mass is 9.83. The summed E-state index contributed by atoms with van der Waals surface area (Å²) in [7, 11) is 0. The van der Waals surface area contributed by atoms with Gasteiger partial charge in [-0.05, 0) is 18.3 Å². The van der Waals surface area contributed by atoms with Crippen LogP contribution in [-0.4, -0.2) is 36.1 Å². The Kier molecular flexibility index (Phi) is 6.77. The van der Waals surface area contributed by atoms with E-state index in [-0.39, 0.29) is 17.9 Å². The number of esters is 1. The second kappa shape index (κ2) is 8.09. The van der Waals surface area contributed by atoms with Crippen LogP contribution in [0.2, 0.25) is 0 Å². The van der Waals surface area contributed by atoms with E-state index in [4.69, 9.17) is 14.0 Å². The molecule has 0 aromatic carbocycles.